The molecule has 1 aliphatic rings. The predicted molar refractivity (Wildman–Crippen MR) is 93.3 cm³/mol. The number of hydrogen-bond acceptors (Lipinski definition) is 3. The molecule has 0 saturated heterocycles. The summed E-state index contributed by atoms with van der Waals surface area (Å²) in [5, 5.41) is 3.87. The van der Waals surface area contributed by atoms with E-state index in [4.69, 9.17) is 0 Å². The third-order valence-electron chi connectivity index (χ3n) is 3.87. The van der Waals surface area contributed by atoms with Crippen LogP contribution in [0.5, 0.6) is 0 Å². The highest BCUT2D eigenvalue weighted by Gasteiger charge is 2.16. The normalized spacial score (nSPS) is 17.4. The molecule has 1 aromatic rings. The number of benzene rings is 1. The summed E-state index contributed by atoms with van der Waals surface area (Å²) in [5.41, 5.74) is 0. The lowest BCUT2D eigenvalue weighted by Gasteiger charge is -2.22. The van der Waals surface area contributed by atoms with Crippen LogP contribution >= 0.6 is 23.5 Å². The van der Waals surface area contributed by atoms with Gasteiger partial charge in [0, 0.05) is 21.1 Å². The Morgan fingerprint density at radius 3 is 2.43 bits per heavy atom. The number of carbonyl (C=O) groups is 1. The van der Waals surface area contributed by atoms with Crippen molar-refractivity contribution >= 4 is 28.8 Å². The Morgan fingerprint density at radius 1 is 1.19 bits per heavy atom. The molecule has 0 heterocycles. The highest BCUT2D eigenvalue weighted by Crippen LogP contribution is 2.28. The smallest absolute Gasteiger partial charge is 0.284 e. The highest BCUT2D eigenvalue weighted by atomic mass is 32.2. The summed E-state index contributed by atoms with van der Waals surface area (Å²) in [6.07, 6.45) is 7.25. The second-order valence-electron chi connectivity index (χ2n) is 5.68. The van der Waals surface area contributed by atoms with Gasteiger partial charge in [0.05, 0.1) is 0 Å². The first-order valence-electron chi connectivity index (χ1n) is 7.92. The fourth-order valence-corrected chi connectivity index (χ4v) is 4.09. The maximum Gasteiger partial charge on any atom is 0.284 e. The van der Waals surface area contributed by atoms with Crippen LogP contribution in [0.25, 0.3) is 0 Å². The summed E-state index contributed by atoms with van der Waals surface area (Å²) in [6.45, 7) is 4.45. The number of hydrogen-bond donors (Lipinski definition) is 1. The van der Waals surface area contributed by atoms with Gasteiger partial charge in [-0.15, -0.1) is 11.8 Å². The van der Waals surface area contributed by atoms with Crippen molar-refractivity contribution in [2.75, 3.05) is 0 Å². The lowest BCUT2D eigenvalue weighted by Crippen LogP contribution is -2.33. The van der Waals surface area contributed by atoms with E-state index in [9.17, 15) is 4.79 Å². The summed E-state index contributed by atoms with van der Waals surface area (Å²) in [7, 11) is 0. The first-order chi connectivity index (χ1) is 10.2. The zero-order valence-electron chi connectivity index (χ0n) is 12.9. The molecule has 0 aliphatic heterocycles. The molecule has 1 amide bonds. The van der Waals surface area contributed by atoms with Crippen LogP contribution in [-0.4, -0.2) is 16.5 Å². The van der Waals surface area contributed by atoms with Crippen molar-refractivity contribution in [3.63, 3.8) is 0 Å². The number of nitrogens with one attached hydrogen (secondary N) is 1. The van der Waals surface area contributed by atoms with Gasteiger partial charge in [-0.2, -0.15) is 0 Å². The van der Waals surface area contributed by atoms with Crippen LogP contribution in [0.3, 0.4) is 0 Å². The maximum atomic E-state index is 12.0. The Morgan fingerprint density at radius 2 is 1.81 bits per heavy atom. The van der Waals surface area contributed by atoms with E-state index in [1.54, 1.807) is 0 Å². The Kier molecular flexibility index (Phi) is 6.97. The molecule has 1 N–H and O–H groups in total. The van der Waals surface area contributed by atoms with Gasteiger partial charge in [-0.1, -0.05) is 33.1 Å². The lowest BCUT2D eigenvalue weighted by molar-refractivity contribution is 0.253. The molecule has 0 unspecified atom stereocenters. The molecule has 1 saturated carbocycles. The molecule has 0 aromatic heterocycles. The molecule has 21 heavy (non-hydrogen) atoms. The highest BCUT2D eigenvalue weighted by molar-refractivity contribution is 8.13. The van der Waals surface area contributed by atoms with Gasteiger partial charge in [0.25, 0.3) is 5.24 Å². The largest absolute Gasteiger partial charge is 0.344 e. The fourth-order valence-electron chi connectivity index (χ4n) is 2.45. The average molecular weight is 324 g/mol. The van der Waals surface area contributed by atoms with Gasteiger partial charge in [0.1, 0.15) is 0 Å². The molecule has 1 aliphatic carbocycles. The van der Waals surface area contributed by atoms with Crippen molar-refractivity contribution in [2.24, 2.45) is 0 Å². The summed E-state index contributed by atoms with van der Waals surface area (Å²) in [4.78, 5) is 14.3. The van der Waals surface area contributed by atoms with Crippen LogP contribution in [0.4, 0.5) is 4.79 Å². The minimum Gasteiger partial charge on any atom is -0.344 e. The average Bonchev–Trinajstić information content (AvgIpc) is 2.50. The molecule has 0 radical (unpaired) electrons. The molecular weight excluding hydrogens is 298 g/mol. The van der Waals surface area contributed by atoms with E-state index in [1.807, 2.05) is 11.8 Å². The van der Waals surface area contributed by atoms with Gasteiger partial charge in [-0.25, -0.2) is 0 Å². The van der Waals surface area contributed by atoms with Crippen LogP contribution in [0.1, 0.15) is 52.4 Å². The second kappa shape index (κ2) is 8.74. The van der Waals surface area contributed by atoms with E-state index >= 15 is 0 Å². The maximum absolute atomic E-state index is 12.0. The third-order valence-corrected chi connectivity index (χ3v) is 5.96. The predicted octanol–water partition coefficient (Wildman–Crippen LogP) is 5.71. The summed E-state index contributed by atoms with van der Waals surface area (Å²) < 4.78 is 0. The van der Waals surface area contributed by atoms with Crippen molar-refractivity contribution in [3.8, 4) is 0 Å². The first-order valence-corrected chi connectivity index (χ1v) is 9.62. The standard InChI is InChI=1S/C17H25NOS2/c1-3-13(2)20-15-9-11-16(12-10-15)21-17(19)18-14-7-5-4-6-8-14/h9-14H,3-8H2,1-2H3,(H,18,19)/t13-/m0/s1. The third kappa shape index (κ3) is 5.95. The fraction of sp³-hybridized carbons (Fsp3) is 0.588. The Labute approximate surface area is 136 Å². The number of thioether (sulfide) groups is 2. The van der Waals surface area contributed by atoms with Gasteiger partial charge in [-0.05, 0) is 55.3 Å². The van der Waals surface area contributed by atoms with E-state index in [-0.39, 0.29) is 5.24 Å². The van der Waals surface area contributed by atoms with Crippen molar-refractivity contribution in [2.45, 2.75) is 73.5 Å². The SMILES string of the molecule is CC[C@H](C)Sc1ccc(SC(=O)NC2CCCCC2)cc1. The Balaban J connectivity index is 1.80. The molecule has 0 bridgehead atoms. The Hall–Kier alpha value is -0.610. The first kappa shape index (κ1) is 16.8. The topological polar surface area (TPSA) is 29.1 Å². The van der Waals surface area contributed by atoms with Crippen molar-refractivity contribution < 1.29 is 4.79 Å². The lowest BCUT2D eigenvalue weighted by atomic mass is 9.96. The number of rotatable bonds is 5. The number of amides is 1. The molecule has 1 fully saturated rings. The van der Waals surface area contributed by atoms with Gasteiger partial charge in [0.2, 0.25) is 0 Å². The van der Waals surface area contributed by atoms with Crippen LogP contribution in [0, 0.1) is 0 Å². The van der Waals surface area contributed by atoms with E-state index in [0.29, 0.717) is 11.3 Å². The van der Waals surface area contributed by atoms with Crippen LogP contribution in [-0.2, 0) is 0 Å². The van der Waals surface area contributed by atoms with E-state index < -0.39 is 0 Å². The van der Waals surface area contributed by atoms with Crippen LogP contribution in [0.2, 0.25) is 0 Å². The van der Waals surface area contributed by atoms with Crippen molar-refractivity contribution in [1.29, 1.82) is 0 Å². The second-order valence-corrected chi connectivity index (χ2v) is 8.24. The summed E-state index contributed by atoms with van der Waals surface area (Å²) in [5.74, 6) is 0. The molecular formula is C17H25NOS2. The zero-order chi connectivity index (χ0) is 15.1. The Bertz CT molecular complexity index is 441. The zero-order valence-corrected chi connectivity index (χ0v) is 14.6. The quantitative estimate of drug-likeness (QED) is 0.703. The molecule has 1 atom stereocenters. The number of carbonyl (C=O) groups excluding carboxylic acids is 1. The summed E-state index contributed by atoms with van der Waals surface area (Å²) >= 11 is 3.20. The molecule has 2 nitrogen and oxygen atoms in total. The van der Waals surface area contributed by atoms with E-state index in [1.165, 1.54) is 42.3 Å². The molecule has 1 aromatic carbocycles. The van der Waals surface area contributed by atoms with Crippen LogP contribution < -0.4 is 5.32 Å². The van der Waals surface area contributed by atoms with E-state index in [0.717, 1.165) is 17.7 Å². The van der Waals surface area contributed by atoms with Crippen molar-refractivity contribution in [3.05, 3.63) is 24.3 Å². The molecule has 0 spiro atoms. The van der Waals surface area contributed by atoms with Crippen LogP contribution in [0.15, 0.2) is 34.1 Å². The van der Waals surface area contributed by atoms with Gasteiger partial charge >= 0.3 is 0 Å². The van der Waals surface area contributed by atoms with Gasteiger partial charge in [0.15, 0.2) is 0 Å². The van der Waals surface area contributed by atoms with Gasteiger partial charge < -0.3 is 5.32 Å². The molecule has 4 heteroatoms. The van der Waals surface area contributed by atoms with Gasteiger partial charge in [-0.3, -0.25) is 4.79 Å². The minimum atomic E-state index is 0.0872. The minimum absolute atomic E-state index is 0.0872. The van der Waals surface area contributed by atoms with E-state index in [2.05, 4.69) is 43.4 Å². The summed E-state index contributed by atoms with van der Waals surface area (Å²) in [6, 6.07) is 8.73. The monoisotopic (exact) mass is 323 g/mol. The van der Waals surface area contributed by atoms with Crippen molar-refractivity contribution in [1.82, 2.24) is 5.32 Å². The molecule has 116 valence electrons. The molecule has 2 rings (SSSR count).